The first-order valence-corrected chi connectivity index (χ1v) is 7.02. The molecule has 5 heteroatoms. The van der Waals surface area contributed by atoms with Gasteiger partial charge in [-0.1, -0.05) is 42.5 Å². The standard InChI is InChI=1S/C17H17NO4/c1-21-13-9-7-12(8-10-13)16-18-14(15(22-16)17(19)20)11-5-3-2-4-6-11/h2-10,14-16,18H,1H3,(H,19,20)/t14-,15+,16-/m0/s1. The molecule has 3 atom stereocenters. The summed E-state index contributed by atoms with van der Waals surface area (Å²) in [7, 11) is 1.60. The van der Waals surface area contributed by atoms with Crippen LogP contribution in [0, 0.1) is 0 Å². The van der Waals surface area contributed by atoms with E-state index in [9.17, 15) is 9.90 Å². The van der Waals surface area contributed by atoms with E-state index in [-0.39, 0.29) is 6.04 Å². The van der Waals surface area contributed by atoms with Crippen LogP contribution in [0.25, 0.3) is 0 Å². The van der Waals surface area contributed by atoms with Crippen molar-refractivity contribution in [2.45, 2.75) is 18.4 Å². The summed E-state index contributed by atoms with van der Waals surface area (Å²) in [6.45, 7) is 0. The SMILES string of the molecule is COc1ccc([C@H]2N[C@@H](c3ccccc3)[C@H](C(=O)O)O2)cc1. The highest BCUT2D eigenvalue weighted by Gasteiger charge is 2.40. The molecule has 1 aliphatic rings. The van der Waals surface area contributed by atoms with Crippen molar-refractivity contribution in [3.05, 3.63) is 65.7 Å². The predicted octanol–water partition coefficient (Wildman–Crippen LogP) is 2.51. The number of benzene rings is 2. The van der Waals surface area contributed by atoms with Crippen molar-refractivity contribution in [3.63, 3.8) is 0 Å². The van der Waals surface area contributed by atoms with Gasteiger partial charge in [-0.2, -0.15) is 0 Å². The molecule has 0 bridgehead atoms. The Kier molecular flexibility index (Phi) is 4.09. The summed E-state index contributed by atoms with van der Waals surface area (Å²) in [5.41, 5.74) is 1.76. The lowest BCUT2D eigenvalue weighted by molar-refractivity contribution is -0.150. The molecule has 22 heavy (non-hydrogen) atoms. The number of ether oxygens (including phenoxy) is 2. The van der Waals surface area contributed by atoms with Crippen LogP contribution in [-0.2, 0) is 9.53 Å². The molecule has 1 aliphatic heterocycles. The first-order chi connectivity index (χ1) is 10.7. The van der Waals surface area contributed by atoms with Crippen LogP contribution in [-0.4, -0.2) is 24.3 Å². The number of nitrogens with one attached hydrogen (secondary N) is 1. The molecule has 0 amide bonds. The highest BCUT2D eigenvalue weighted by molar-refractivity contribution is 5.74. The number of aliphatic carboxylic acids is 1. The van der Waals surface area contributed by atoms with E-state index in [0.717, 1.165) is 16.9 Å². The van der Waals surface area contributed by atoms with Crippen molar-refractivity contribution in [2.75, 3.05) is 7.11 Å². The normalized spacial score (nSPS) is 24.1. The number of carboxylic acids is 1. The molecule has 1 saturated heterocycles. The molecule has 114 valence electrons. The smallest absolute Gasteiger partial charge is 0.334 e. The fraction of sp³-hybridized carbons (Fsp3) is 0.235. The van der Waals surface area contributed by atoms with Gasteiger partial charge in [-0.05, 0) is 23.3 Å². The molecule has 1 fully saturated rings. The fourth-order valence-electron chi connectivity index (χ4n) is 2.60. The van der Waals surface area contributed by atoms with E-state index in [1.807, 2.05) is 54.6 Å². The largest absolute Gasteiger partial charge is 0.497 e. The number of carbonyl (C=O) groups is 1. The Morgan fingerprint density at radius 3 is 2.36 bits per heavy atom. The highest BCUT2D eigenvalue weighted by Crippen LogP contribution is 2.34. The number of rotatable bonds is 4. The number of methoxy groups -OCH3 is 1. The molecule has 0 aromatic heterocycles. The van der Waals surface area contributed by atoms with Gasteiger partial charge in [0.05, 0.1) is 13.2 Å². The van der Waals surface area contributed by atoms with Crippen LogP contribution in [0.15, 0.2) is 54.6 Å². The molecule has 0 spiro atoms. The minimum absolute atomic E-state index is 0.384. The van der Waals surface area contributed by atoms with Crippen LogP contribution < -0.4 is 10.1 Å². The van der Waals surface area contributed by atoms with Crippen molar-refractivity contribution >= 4 is 5.97 Å². The zero-order valence-electron chi connectivity index (χ0n) is 12.1. The minimum atomic E-state index is -0.975. The summed E-state index contributed by atoms with van der Waals surface area (Å²) in [5.74, 6) is -0.228. The molecule has 2 N–H and O–H groups in total. The molecular formula is C17H17NO4. The Bertz CT molecular complexity index is 641. The maximum absolute atomic E-state index is 11.5. The summed E-state index contributed by atoms with van der Waals surface area (Å²) in [4.78, 5) is 11.5. The number of carboxylic acid groups (broad SMARTS) is 1. The van der Waals surface area contributed by atoms with E-state index < -0.39 is 18.3 Å². The third-order valence-corrected chi connectivity index (χ3v) is 3.74. The van der Waals surface area contributed by atoms with E-state index in [0.29, 0.717) is 0 Å². The molecule has 2 aromatic rings. The molecular weight excluding hydrogens is 282 g/mol. The second-order valence-corrected chi connectivity index (χ2v) is 5.10. The van der Waals surface area contributed by atoms with Crippen molar-refractivity contribution in [1.29, 1.82) is 0 Å². The van der Waals surface area contributed by atoms with Crippen LogP contribution in [0.4, 0.5) is 0 Å². The van der Waals surface area contributed by atoms with E-state index >= 15 is 0 Å². The third-order valence-electron chi connectivity index (χ3n) is 3.74. The molecule has 0 aliphatic carbocycles. The van der Waals surface area contributed by atoms with Crippen molar-refractivity contribution in [1.82, 2.24) is 5.32 Å². The Hall–Kier alpha value is -2.37. The lowest BCUT2D eigenvalue weighted by Gasteiger charge is -2.14. The summed E-state index contributed by atoms with van der Waals surface area (Å²) in [5, 5.41) is 12.7. The summed E-state index contributed by atoms with van der Waals surface area (Å²) in [6.07, 6.45) is -1.38. The third kappa shape index (κ3) is 2.81. The quantitative estimate of drug-likeness (QED) is 0.908. The summed E-state index contributed by atoms with van der Waals surface area (Å²) >= 11 is 0. The van der Waals surface area contributed by atoms with Crippen molar-refractivity contribution in [2.24, 2.45) is 0 Å². The lowest BCUT2D eigenvalue weighted by atomic mass is 10.0. The molecule has 2 aromatic carbocycles. The Balaban J connectivity index is 1.85. The fourth-order valence-corrected chi connectivity index (χ4v) is 2.60. The first kappa shape index (κ1) is 14.6. The van der Waals surface area contributed by atoms with Gasteiger partial charge < -0.3 is 14.6 Å². The van der Waals surface area contributed by atoms with Crippen LogP contribution in [0.3, 0.4) is 0 Å². The average molecular weight is 299 g/mol. The Morgan fingerprint density at radius 1 is 1.09 bits per heavy atom. The van der Waals surface area contributed by atoms with Gasteiger partial charge in [0.25, 0.3) is 0 Å². The topological polar surface area (TPSA) is 67.8 Å². The van der Waals surface area contributed by atoms with Crippen molar-refractivity contribution < 1.29 is 19.4 Å². The Morgan fingerprint density at radius 2 is 1.77 bits per heavy atom. The average Bonchev–Trinajstić information content (AvgIpc) is 3.01. The second kappa shape index (κ2) is 6.17. The van der Waals surface area contributed by atoms with Crippen molar-refractivity contribution in [3.8, 4) is 5.75 Å². The van der Waals surface area contributed by atoms with Gasteiger partial charge in [0, 0.05) is 0 Å². The first-order valence-electron chi connectivity index (χ1n) is 7.02. The number of hydrogen-bond donors (Lipinski definition) is 2. The van der Waals surface area contributed by atoms with Gasteiger partial charge in [-0.15, -0.1) is 0 Å². The molecule has 5 nitrogen and oxygen atoms in total. The molecule has 0 saturated carbocycles. The predicted molar refractivity (Wildman–Crippen MR) is 80.6 cm³/mol. The van der Waals surface area contributed by atoms with Gasteiger partial charge in [-0.3, -0.25) is 5.32 Å². The zero-order valence-corrected chi connectivity index (χ0v) is 12.1. The Labute approximate surface area is 128 Å². The number of hydrogen-bond acceptors (Lipinski definition) is 4. The lowest BCUT2D eigenvalue weighted by Crippen LogP contribution is -2.28. The minimum Gasteiger partial charge on any atom is -0.497 e. The van der Waals surface area contributed by atoms with Gasteiger partial charge >= 0.3 is 5.97 Å². The van der Waals surface area contributed by atoms with Gasteiger partial charge in [0.2, 0.25) is 0 Å². The molecule has 0 radical (unpaired) electrons. The summed E-state index contributed by atoms with van der Waals surface area (Å²) in [6, 6.07) is 16.5. The van der Waals surface area contributed by atoms with E-state index in [2.05, 4.69) is 5.32 Å². The molecule has 0 unspecified atom stereocenters. The van der Waals surface area contributed by atoms with Crippen LogP contribution in [0.1, 0.15) is 23.4 Å². The molecule has 1 heterocycles. The van der Waals surface area contributed by atoms with Crippen LogP contribution in [0.5, 0.6) is 5.75 Å². The maximum atomic E-state index is 11.5. The maximum Gasteiger partial charge on any atom is 0.334 e. The highest BCUT2D eigenvalue weighted by atomic mass is 16.5. The van der Waals surface area contributed by atoms with E-state index in [4.69, 9.17) is 9.47 Å². The monoisotopic (exact) mass is 299 g/mol. The van der Waals surface area contributed by atoms with Crippen LogP contribution >= 0.6 is 0 Å². The molecule has 3 rings (SSSR count). The zero-order chi connectivity index (χ0) is 15.5. The van der Waals surface area contributed by atoms with E-state index in [1.165, 1.54) is 0 Å². The van der Waals surface area contributed by atoms with Gasteiger partial charge in [0.1, 0.15) is 12.0 Å². The summed E-state index contributed by atoms with van der Waals surface area (Å²) < 4.78 is 10.8. The van der Waals surface area contributed by atoms with Gasteiger partial charge in [0.15, 0.2) is 6.10 Å². The van der Waals surface area contributed by atoms with Gasteiger partial charge in [-0.25, -0.2) is 4.79 Å². The second-order valence-electron chi connectivity index (χ2n) is 5.10. The van der Waals surface area contributed by atoms with E-state index in [1.54, 1.807) is 7.11 Å². The van der Waals surface area contributed by atoms with Crippen LogP contribution in [0.2, 0.25) is 0 Å².